The number of rotatable bonds is 7. The SMILES string of the molecule is NC(=O)C(CNC(=O)c1cccnc1S(=O)(=O)C(F)(F)F)Cc1ccc(F)cc1. The van der Waals surface area contributed by atoms with Gasteiger partial charge in [-0.2, -0.15) is 13.2 Å². The maximum Gasteiger partial charge on any atom is 0.503 e. The summed E-state index contributed by atoms with van der Waals surface area (Å²) in [5.74, 6) is -3.45. The molecule has 1 heterocycles. The van der Waals surface area contributed by atoms with Crippen LogP contribution in [-0.4, -0.2) is 37.3 Å². The first-order valence-corrected chi connectivity index (χ1v) is 9.50. The molecular formula is C17H15F4N3O4S. The molecule has 7 nitrogen and oxygen atoms in total. The largest absolute Gasteiger partial charge is 0.503 e. The molecule has 0 aliphatic rings. The number of carbonyl (C=O) groups is 2. The summed E-state index contributed by atoms with van der Waals surface area (Å²) in [5.41, 5.74) is -0.661. The second-order valence-electron chi connectivity index (χ2n) is 5.95. The highest BCUT2D eigenvalue weighted by atomic mass is 32.2. The van der Waals surface area contributed by atoms with Gasteiger partial charge < -0.3 is 11.1 Å². The van der Waals surface area contributed by atoms with E-state index in [2.05, 4.69) is 10.3 Å². The van der Waals surface area contributed by atoms with Gasteiger partial charge in [0, 0.05) is 12.7 Å². The number of aromatic nitrogens is 1. The molecule has 0 aliphatic carbocycles. The van der Waals surface area contributed by atoms with E-state index in [1.54, 1.807) is 0 Å². The Morgan fingerprint density at radius 2 is 1.76 bits per heavy atom. The Bertz CT molecular complexity index is 1010. The van der Waals surface area contributed by atoms with Gasteiger partial charge in [-0.1, -0.05) is 12.1 Å². The Labute approximate surface area is 162 Å². The quantitative estimate of drug-likeness (QED) is 0.643. The van der Waals surface area contributed by atoms with Crippen molar-refractivity contribution in [3.05, 3.63) is 59.5 Å². The number of benzene rings is 1. The van der Waals surface area contributed by atoms with Crippen LogP contribution in [0.2, 0.25) is 0 Å². The smallest absolute Gasteiger partial charge is 0.369 e. The predicted octanol–water partition coefficient (Wildman–Crippen LogP) is 1.59. The van der Waals surface area contributed by atoms with Gasteiger partial charge in [-0.25, -0.2) is 17.8 Å². The van der Waals surface area contributed by atoms with Gasteiger partial charge in [-0.05, 0) is 36.2 Å². The van der Waals surface area contributed by atoms with Crippen LogP contribution >= 0.6 is 0 Å². The summed E-state index contributed by atoms with van der Waals surface area (Å²) in [4.78, 5) is 27.1. The summed E-state index contributed by atoms with van der Waals surface area (Å²) in [7, 11) is -5.86. The molecule has 1 atom stereocenters. The minimum absolute atomic E-state index is 0.0244. The number of hydrogen-bond donors (Lipinski definition) is 2. The van der Waals surface area contributed by atoms with Crippen molar-refractivity contribution >= 4 is 21.7 Å². The summed E-state index contributed by atoms with van der Waals surface area (Å²) < 4.78 is 74.6. The fraction of sp³-hybridized carbons (Fsp3) is 0.235. The van der Waals surface area contributed by atoms with Crippen LogP contribution in [0.15, 0.2) is 47.6 Å². The number of sulfone groups is 1. The average molecular weight is 433 g/mol. The number of nitrogens with zero attached hydrogens (tertiary/aromatic N) is 1. The third kappa shape index (κ3) is 5.28. The van der Waals surface area contributed by atoms with E-state index in [0.29, 0.717) is 5.56 Å². The molecule has 2 aromatic rings. The van der Waals surface area contributed by atoms with Gasteiger partial charge in [-0.15, -0.1) is 0 Å². The molecule has 0 bridgehead atoms. The molecular weight excluding hydrogens is 418 g/mol. The van der Waals surface area contributed by atoms with Crippen LogP contribution in [0.4, 0.5) is 17.6 Å². The second kappa shape index (κ2) is 8.55. The third-order valence-corrected chi connectivity index (χ3v) is 5.33. The van der Waals surface area contributed by atoms with Crippen LogP contribution in [-0.2, 0) is 21.1 Å². The van der Waals surface area contributed by atoms with E-state index in [0.717, 1.165) is 30.5 Å². The third-order valence-electron chi connectivity index (χ3n) is 3.88. The summed E-state index contributed by atoms with van der Waals surface area (Å²) >= 11 is 0. The van der Waals surface area contributed by atoms with Crippen LogP contribution in [0.3, 0.4) is 0 Å². The average Bonchev–Trinajstić information content (AvgIpc) is 2.65. The number of nitrogens with one attached hydrogen (secondary N) is 1. The fourth-order valence-electron chi connectivity index (χ4n) is 2.38. The Morgan fingerprint density at radius 3 is 2.31 bits per heavy atom. The van der Waals surface area contributed by atoms with Crippen molar-refractivity contribution in [3.63, 3.8) is 0 Å². The Kier molecular flexibility index (Phi) is 6.57. The van der Waals surface area contributed by atoms with Crippen LogP contribution in [0.5, 0.6) is 0 Å². The van der Waals surface area contributed by atoms with Gasteiger partial charge in [-0.3, -0.25) is 9.59 Å². The monoisotopic (exact) mass is 433 g/mol. The molecule has 0 fully saturated rings. The van der Waals surface area contributed by atoms with Crippen LogP contribution in [0, 0.1) is 11.7 Å². The number of pyridine rings is 1. The van der Waals surface area contributed by atoms with Crippen LogP contribution in [0.25, 0.3) is 0 Å². The van der Waals surface area contributed by atoms with Crippen molar-refractivity contribution in [2.24, 2.45) is 11.7 Å². The summed E-state index contributed by atoms with van der Waals surface area (Å²) in [6.07, 6.45) is 0.826. The van der Waals surface area contributed by atoms with Crippen molar-refractivity contribution in [2.75, 3.05) is 6.54 Å². The minimum atomic E-state index is -5.86. The predicted molar refractivity (Wildman–Crippen MR) is 92.6 cm³/mol. The number of alkyl halides is 3. The maximum atomic E-state index is 13.0. The number of primary amides is 1. The van der Waals surface area contributed by atoms with Gasteiger partial charge >= 0.3 is 5.51 Å². The Balaban J connectivity index is 2.19. The van der Waals surface area contributed by atoms with E-state index in [4.69, 9.17) is 5.73 Å². The molecule has 0 radical (unpaired) electrons. The summed E-state index contributed by atoms with van der Waals surface area (Å²) in [6.45, 7) is -0.383. The first-order chi connectivity index (χ1) is 13.4. The molecule has 2 rings (SSSR count). The summed E-state index contributed by atoms with van der Waals surface area (Å²) in [5, 5.41) is 0.745. The lowest BCUT2D eigenvalue weighted by Crippen LogP contribution is -2.38. The van der Waals surface area contributed by atoms with Gasteiger partial charge in [0.05, 0.1) is 11.5 Å². The molecule has 156 valence electrons. The van der Waals surface area contributed by atoms with Crippen molar-refractivity contribution in [1.29, 1.82) is 0 Å². The number of amides is 2. The number of carbonyl (C=O) groups excluding carboxylic acids is 2. The molecule has 0 saturated carbocycles. The zero-order valence-electron chi connectivity index (χ0n) is 14.6. The topological polar surface area (TPSA) is 119 Å². The van der Waals surface area contributed by atoms with Crippen molar-refractivity contribution < 1.29 is 35.6 Å². The Morgan fingerprint density at radius 1 is 1.14 bits per heavy atom. The normalized spacial score (nSPS) is 13.0. The van der Waals surface area contributed by atoms with Gasteiger partial charge in [0.25, 0.3) is 15.7 Å². The van der Waals surface area contributed by atoms with Gasteiger partial charge in [0.15, 0.2) is 5.03 Å². The van der Waals surface area contributed by atoms with E-state index in [1.165, 1.54) is 12.1 Å². The zero-order chi connectivity index (χ0) is 21.8. The zero-order valence-corrected chi connectivity index (χ0v) is 15.4. The molecule has 1 aromatic heterocycles. The second-order valence-corrected chi connectivity index (χ2v) is 7.80. The number of hydrogen-bond acceptors (Lipinski definition) is 5. The first kappa shape index (κ1) is 22.3. The molecule has 0 saturated heterocycles. The van der Waals surface area contributed by atoms with E-state index < -0.39 is 49.5 Å². The van der Waals surface area contributed by atoms with Gasteiger partial charge in [0.2, 0.25) is 5.91 Å². The molecule has 3 N–H and O–H groups in total. The molecule has 1 aromatic carbocycles. The lowest BCUT2D eigenvalue weighted by atomic mass is 9.98. The first-order valence-electron chi connectivity index (χ1n) is 8.02. The molecule has 1 unspecified atom stereocenters. The van der Waals surface area contributed by atoms with Crippen molar-refractivity contribution in [1.82, 2.24) is 10.3 Å². The van der Waals surface area contributed by atoms with Crippen LogP contribution in [0.1, 0.15) is 15.9 Å². The highest BCUT2D eigenvalue weighted by Crippen LogP contribution is 2.30. The molecule has 12 heteroatoms. The van der Waals surface area contributed by atoms with E-state index in [1.807, 2.05) is 0 Å². The minimum Gasteiger partial charge on any atom is -0.369 e. The standard InChI is InChI=1S/C17H15F4N3O4S/c18-12-5-3-10(4-6-12)8-11(14(22)25)9-24-15(26)13-2-1-7-23-16(13)29(27,28)17(19,20)21/h1-7,11H,8-9H2,(H2,22,25)(H,24,26). The maximum absolute atomic E-state index is 13.0. The fourth-order valence-corrected chi connectivity index (χ4v) is 3.25. The van der Waals surface area contributed by atoms with Crippen molar-refractivity contribution in [3.8, 4) is 0 Å². The van der Waals surface area contributed by atoms with Gasteiger partial charge in [0.1, 0.15) is 5.82 Å². The molecule has 0 spiro atoms. The lowest BCUT2D eigenvalue weighted by molar-refractivity contribution is -0.121. The number of nitrogens with two attached hydrogens (primary N) is 1. The number of halogens is 4. The van der Waals surface area contributed by atoms with E-state index in [-0.39, 0.29) is 13.0 Å². The molecule has 29 heavy (non-hydrogen) atoms. The van der Waals surface area contributed by atoms with Crippen LogP contribution < -0.4 is 11.1 Å². The molecule has 2 amide bonds. The van der Waals surface area contributed by atoms with E-state index in [9.17, 15) is 35.6 Å². The van der Waals surface area contributed by atoms with Crippen molar-refractivity contribution in [2.45, 2.75) is 17.0 Å². The molecule has 0 aliphatic heterocycles. The highest BCUT2D eigenvalue weighted by Gasteiger charge is 2.49. The lowest BCUT2D eigenvalue weighted by Gasteiger charge is -2.16. The summed E-state index contributed by atoms with van der Waals surface area (Å²) in [6, 6.07) is 7.09. The highest BCUT2D eigenvalue weighted by molar-refractivity contribution is 7.92. The van der Waals surface area contributed by atoms with E-state index >= 15 is 0 Å². The Hall–Kier alpha value is -3.02.